The minimum Gasteiger partial charge on any atom is -0.493 e. The lowest BCUT2D eigenvalue weighted by Gasteiger charge is -2.27. The fraction of sp³-hybridized carbons (Fsp3) is 0.278. The van der Waals surface area contributed by atoms with E-state index in [1.54, 1.807) is 0 Å². The Balaban J connectivity index is 1.53. The van der Waals surface area contributed by atoms with Gasteiger partial charge in [0.25, 0.3) is 0 Å². The average molecular weight is 455 g/mol. The van der Waals surface area contributed by atoms with Crippen molar-refractivity contribution in [3.63, 3.8) is 0 Å². The molecule has 0 spiro atoms. The zero-order chi connectivity index (χ0) is 16.9. The zero-order valence-electron chi connectivity index (χ0n) is 12.9. The molecular formula is C18H17Br2NO3. The minimum absolute atomic E-state index is 0.0235. The van der Waals surface area contributed by atoms with Gasteiger partial charge < -0.3 is 14.8 Å². The predicted molar refractivity (Wildman–Crippen MR) is 99.4 cm³/mol. The first-order chi connectivity index (χ1) is 11.6. The van der Waals surface area contributed by atoms with Crippen LogP contribution in [0, 0.1) is 0 Å². The second-order valence-corrected chi connectivity index (χ2v) is 7.33. The van der Waals surface area contributed by atoms with Crippen LogP contribution in [0.3, 0.4) is 0 Å². The third kappa shape index (κ3) is 4.51. The van der Waals surface area contributed by atoms with Gasteiger partial charge in [-0.05, 0) is 36.4 Å². The molecule has 1 amide bonds. The van der Waals surface area contributed by atoms with Gasteiger partial charge in [-0.15, -0.1) is 0 Å². The van der Waals surface area contributed by atoms with Crippen LogP contribution < -0.4 is 14.8 Å². The van der Waals surface area contributed by atoms with Crippen molar-refractivity contribution in [3.8, 4) is 11.5 Å². The van der Waals surface area contributed by atoms with Crippen LogP contribution in [-0.4, -0.2) is 19.1 Å². The standard InChI is InChI=1S/C18H17Br2NO3/c19-12-2-1-3-14(10-12)23-9-7-18(22)21-16-6-8-24-17-5-4-13(20)11-15(16)17/h1-5,10-11,16H,6-9H2,(H,21,22). The molecule has 2 aromatic carbocycles. The van der Waals surface area contributed by atoms with Crippen LogP contribution >= 0.6 is 31.9 Å². The highest BCUT2D eigenvalue weighted by molar-refractivity contribution is 9.10. The van der Waals surface area contributed by atoms with E-state index in [0.29, 0.717) is 19.6 Å². The van der Waals surface area contributed by atoms with E-state index < -0.39 is 0 Å². The molecule has 0 fully saturated rings. The van der Waals surface area contributed by atoms with Crippen LogP contribution in [-0.2, 0) is 4.79 Å². The average Bonchev–Trinajstić information content (AvgIpc) is 2.55. The van der Waals surface area contributed by atoms with E-state index in [1.165, 1.54) is 0 Å². The summed E-state index contributed by atoms with van der Waals surface area (Å²) in [5.74, 6) is 1.56. The van der Waals surface area contributed by atoms with E-state index in [1.807, 2.05) is 42.5 Å². The van der Waals surface area contributed by atoms with E-state index in [-0.39, 0.29) is 11.9 Å². The second kappa shape index (κ2) is 8.03. The summed E-state index contributed by atoms with van der Waals surface area (Å²) >= 11 is 6.86. The first-order valence-electron chi connectivity index (χ1n) is 7.72. The van der Waals surface area contributed by atoms with E-state index >= 15 is 0 Å². The van der Waals surface area contributed by atoms with Crippen LogP contribution in [0.5, 0.6) is 11.5 Å². The third-order valence-electron chi connectivity index (χ3n) is 3.74. The summed E-state index contributed by atoms with van der Waals surface area (Å²) in [7, 11) is 0. The molecule has 1 aliphatic heterocycles. The zero-order valence-corrected chi connectivity index (χ0v) is 16.1. The van der Waals surface area contributed by atoms with Crippen LogP contribution in [0.4, 0.5) is 0 Å². The van der Waals surface area contributed by atoms with Crippen molar-refractivity contribution in [1.29, 1.82) is 0 Å². The largest absolute Gasteiger partial charge is 0.493 e. The van der Waals surface area contributed by atoms with Crippen LogP contribution in [0.2, 0.25) is 0 Å². The number of nitrogens with one attached hydrogen (secondary N) is 1. The maximum Gasteiger partial charge on any atom is 0.223 e. The summed E-state index contributed by atoms with van der Waals surface area (Å²) in [6.45, 7) is 0.949. The number of rotatable bonds is 5. The monoisotopic (exact) mass is 453 g/mol. The van der Waals surface area contributed by atoms with Crippen molar-refractivity contribution in [2.45, 2.75) is 18.9 Å². The number of fused-ring (bicyclic) bond motifs is 1. The molecule has 24 heavy (non-hydrogen) atoms. The number of carbonyl (C=O) groups is 1. The molecule has 0 aromatic heterocycles. The van der Waals surface area contributed by atoms with Gasteiger partial charge in [0.05, 0.1) is 25.7 Å². The molecule has 1 aliphatic rings. The fourth-order valence-electron chi connectivity index (χ4n) is 2.60. The van der Waals surface area contributed by atoms with Gasteiger partial charge in [-0.2, -0.15) is 0 Å². The summed E-state index contributed by atoms with van der Waals surface area (Å²) in [5, 5.41) is 3.07. The van der Waals surface area contributed by atoms with Crippen molar-refractivity contribution in [3.05, 3.63) is 57.0 Å². The maximum absolute atomic E-state index is 12.2. The highest BCUT2D eigenvalue weighted by Gasteiger charge is 2.23. The predicted octanol–water partition coefficient (Wildman–Crippen LogP) is 4.62. The molecular weight excluding hydrogens is 438 g/mol. The first-order valence-corrected chi connectivity index (χ1v) is 9.30. The molecule has 1 atom stereocenters. The molecule has 0 saturated heterocycles. The Bertz CT molecular complexity index is 736. The topological polar surface area (TPSA) is 47.6 Å². The summed E-state index contributed by atoms with van der Waals surface area (Å²) < 4.78 is 13.2. The summed E-state index contributed by atoms with van der Waals surface area (Å²) in [4.78, 5) is 12.2. The molecule has 1 heterocycles. The number of amides is 1. The quantitative estimate of drug-likeness (QED) is 0.716. The summed E-state index contributed by atoms with van der Waals surface area (Å²) in [6, 6.07) is 13.4. The van der Waals surface area contributed by atoms with Gasteiger partial charge in [0.2, 0.25) is 5.91 Å². The number of halogens is 2. The molecule has 4 nitrogen and oxygen atoms in total. The van der Waals surface area contributed by atoms with Gasteiger partial charge in [0.1, 0.15) is 11.5 Å². The van der Waals surface area contributed by atoms with Crippen LogP contribution in [0.15, 0.2) is 51.4 Å². The van der Waals surface area contributed by atoms with Crippen molar-refractivity contribution in [2.24, 2.45) is 0 Å². The Morgan fingerprint density at radius 3 is 2.88 bits per heavy atom. The SMILES string of the molecule is O=C(CCOc1cccc(Br)c1)NC1CCOc2ccc(Br)cc21. The third-order valence-corrected chi connectivity index (χ3v) is 4.73. The van der Waals surface area contributed by atoms with Gasteiger partial charge >= 0.3 is 0 Å². The van der Waals surface area contributed by atoms with Crippen LogP contribution in [0.1, 0.15) is 24.4 Å². The van der Waals surface area contributed by atoms with E-state index in [9.17, 15) is 4.79 Å². The maximum atomic E-state index is 12.2. The van der Waals surface area contributed by atoms with Gasteiger partial charge in [0, 0.05) is 20.9 Å². The van der Waals surface area contributed by atoms with E-state index in [4.69, 9.17) is 9.47 Å². The normalized spacial score (nSPS) is 16.0. The molecule has 6 heteroatoms. The smallest absolute Gasteiger partial charge is 0.223 e. The number of ether oxygens (including phenoxy) is 2. The lowest BCUT2D eigenvalue weighted by molar-refractivity contribution is -0.122. The number of benzene rings is 2. The Morgan fingerprint density at radius 2 is 2.04 bits per heavy atom. The number of hydrogen-bond acceptors (Lipinski definition) is 3. The Hall–Kier alpha value is -1.53. The van der Waals surface area contributed by atoms with Crippen molar-refractivity contribution in [2.75, 3.05) is 13.2 Å². The highest BCUT2D eigenvalue weighted by atomic mass is 79.9. The molecule has 0 saturated carbocycles. The summed E-state index contributed by atoms with van der Waals surface area (Å²) in [6.07, 6.45) is 1.08. The molecule has 0 bridgehead atoms. The molecule has 0 aliphatic carbocycles. The first kappa shape index (κ1) is 17.3. The second-order valence-electron chi connectivity index (χ2n) is 5.50. The molecule has 1 unspecified atom stereocenters. The van der Waals surface area contributed by atoms with Gasteiger partial charge in [0.15, 0.2) is 0 Å². The molecule has 1 N–H and O–H groups in total. The summed E-state index contributed by atoms with van der Waals surface area (Å²) in [5.41, 5.74) is 1.01. The highest BCUT2D eigenvalue weighted by Crippen LogP contribution is 2.34. The fourth-order valence-corrected chi connectivity index (χ4v) is 3.36. The Morgan fingerprint density at radius 1 is 1.21 bits per heavy atom. The molecule has 3 rings (SSSR count). The van der Waals surface area contributed by atoms with Gasteiger partial charge in [-0.1, -0.05) is 37.9 Å². The van der Waals surface area contributed by atoms with Crippen LogP contribution in [0.25, 0.3) is 0 Å². The lowest BCUT2D eigenvalue weighted by atomic mass is 10.0. The molecule has 0 radical (unpaired) electrons. The Labute approximate surface area is 157 Å². The van der Waals surface area contributed by atoms with Gasteiger partial charge in [-0.3, -0.25) is 4.79 Å². The van der Waals surface area contributed by atoms with Crippen molar-refractivity contribution >= 4 is 37.8 Å². The van der Waals surface area contributed by atoms with E-state index in [2.05, 4.69) is 37.2 Å². The Kier molecular flexibility index (Phi) is 5.79. The molecule has 126 valence electrons. The van der Waals surface area contributed by atoms with E-state index in [0.717, 1.165) is 32.4 Å². The van der Waals surface area contributed by atoms with Gasteiger partial charge in [-0.25, -0.2) is 0 Å². The number of hydrogen-bond donors (Lipinski definition) is 1. The molecule has 2 aromatic rings. The minimum atomic E-state index is -0.0252. The number of carbonyl (C=O) groups excluding carboxylic acids is 1. The lowest BCUT2D eigenvalue weighted by Crippen LogP contribution is -2.32. The van der Waals surface area contributed by atoms with Crippen molar-refractivity contribution in [1.82, 2.24) is 5.32 Å². The van der Waals surface area contributed by atoms with Crippen molar-refractivity contribution < 1.29 is 14.3 Å².